The van der Waals surface area contributed by atoms with Gasteiger partial charge in [-0.05, 0) is 76.4 Å². The number of benzene rings is 2. The summed E-state index contributed by atoms with van der Waals surface area (Å²) in [6, 6.07) is 10.1. The van der Waals surface area contributed by atoms with Crippen LogP contribution in [0.1, 0.15) is 55.5 Å². The van der Waals surface area contributed by atoms with Crippen LogP contribution in [-0.2, 0) is 25.6 Å². The minimum Gasteiger partial charge on any atom is -0.340 e. The van der Waals surface area contributed by atoms with Crippen molar-refractivity contribution in [1.29, 1.82) is 0 Å². The van der Waals surface area contributed by atoms with Crippen molar-refractivity contribution in [2.24, 2.45) is 5.92 Å². The highest BCUT2D eigenvalue weighted by molar-refractivity contribution is 7.91. The number of imide groups is 1. The third-order valence-corrected chi connectivity index (χ3v) is 9.97. The number of halogens is 3. The molecule has 0 radical (unpaired) electrons. The first-order chi connectivity index (χ1) is 19.2. The minimum absolute atomic E-state index is 0.0476. The number of hydrogen-bond donors (Lipinski definition) is 1. The molecule has 0 aromatic heterocycles. The highest BCUT2D eigenvalue weighted by atomic mass is 32.2. The van der Waals surface area contributed by atoms with E-state index in [4.69, 9.17) is 0 Å². The number of nitrogens with one attached hydrogen (secondary N) is 1. The molecule has 1 saturated heterocycles. The van der Waals surface area contributed by atoms with Crippen LogP contribution >= 0.6 is 0 Å². The molecule has 4 rings (SSSR count). The number of carbonyl (C=O) groups excluding carboxylic acids is 3. The van der Waals surface area contributed by atoms with E-state index in [-0.39, 0.29) is 34.7 Å². The van der Waals surface area contributed by atoms with E-state index in [9.17, 15) is 36.0 Å². The van der Waals surface area contributed by atoms with E-state index in [1.165, 1.54) is 18.2 Å². The number of rotatable bonds is 8. The van der Waals surface area contributed by atoms with Gasteiger partial charge < -0.3 is 10.2 Å². The van der Waals surface area contributed by atoms with Gasteiger partial charge in [0.15, 0.2) is 9.84 Å². The van der Waals surface area contributed by atoms with Crippen molar-refractivity contribution in [1.82, 2.24) is 15.1 Å². The molecule has 2 aromatic rings. The smallest absolute Gasteiger partial charge is 0.340 e. The molecule has 2 aromatic carbocycles. The fourth-order valence-electron chi connectivity index (χ4n) is 5.73. The van der Waals surface area contributed by atoms with Gasteiger partial charge in [0, 0.05) is 23.7 Å². The van der Waals surface area contributed by atoms with Gasteiger partial charge in [-0.3, -0.25) is 19.3 Å². The molecule has 1 aliphatic carbocycles. The normalized spacial score (nSPS) is 23.9. The Labute approximate surface area is 237 Å². The van der Waals surface area contributed by atoms with Gasteiger partial charge in [0.25, 0.3) is 11.8 Å². The zero-order chi connectivity index (χ0) is 30.1. The van der Waals surface area contributed by atoms with Crippen LogP contribution < -0.4 is 5.32 Å². The molecule has 1 saturated carbocycles. The highest BCUT2D eigenvalue weighted by Crippen LogP contribution is 2.36. The summed E-state index contributed by atoms with van der Waals surface area (Å²) in [6.07, 6.45) is -3.52. The van der Waals surface area contributed by atoms with Gasteiger partial charge >= 0.3 is 6.18 Å². The first-order valence-corrected chi connectivity index (χ1v) is 15.2. The van der Waals surface area contributed by atoms with E-state index in [0.29, 0.717) is 25.3 Å². The van der Waals surface area contributed by atoms with E-state index in [1.54, 1.807) is 18.2 Å². The van der Waals surface area contributed by atoms with Gasteiger partial charge in [-0.25, -0.2) is 8.42 Å². The maximum Gasteiger partial charge on any atom is 0.416 e. The number of alkyl halides is 3. The van der Waals surface area contributed by atoms with E-state index in [1.807, 2.05) is 20.9 Å². The Morgan fingerprint density at radius 3 is 2.39 bits per heavy atom. The molecule has 1 aliphatic heterocycles. The number of nitrogens with zero attached hydrogens (tertiary/aromatic N) is 2. The van der Waals surface area contributed by atoms with Crippen molar-refractivity contribution in [3.05, 3.63) is 65.7 Å². The molecule has 1 N–H and O–H groups in total. The third-order valence-electron chi connectivity index (χ3n) is 8.11. The second-order valence-corrected chi connectivity index (χ2v) is 13.1. The minimum atomic E-state index is -4.65. The Morgan fingerprint density at radius 1 is 1.07 bits per heavy atom. The monoisotopic (exact) mass is 593 g/mol. The summed E-state index contributed by atoms with van der Waals surface area (Å²) in [7, 11) is -1.78. The first-order valence-electron chi connectivity index (χ1n) is 13.5. The van der Waals surface area contributed by atoms with Crippen molar-refractivity contribution in [3.8, 4) is 0 Å². The second-order valence-electron chi connectivity index (χ2n) is 11.1. The van der Waals surface area contributed by atoms with Crippen LogP contribution in [0, 0.1) is 5.92 Å². The largest absolute Gasteiger partial charge is 0.416 e. The van der Waals surface area contributed by atoms with E-state index < -0.39 is 57.3 Å². The molecule has 12 heteroatoms. The summed E-state index contributed by atoms with van der Waals surface area (Å²) in [5.41, 5.74) is -1.30. The Bertz CT molecular complexity index is 1400. The van der Waals surface area contributed by atoms with Crippen molar-refractivity contribution in [2.75, 3.05) is 12.8 Å². The third kappa shape index (κ3) is 6.81. The van der Waals surface area contributed by atoms with Gasteiger partial charge in [-0.1, -0.05) is 24.3 Å². The molecule has 0 spiro atoms. The molecule has 2 fully saturated rings. The summed E-state index contributed by atoms with van der Waals surface area (Å²) >= 11 is 0. The van der Waals surface area contributed by atoms with E-state index in [2.05, 4.69) is 10.2 Å². The van der Waals surface area contributed by atoms with Crippen molar-refractivity contribution >= 4 is 27.6 Å². The lowest BCUT2D eigenvalue weighted by molar-refractivity contribution is -0.144. The van der Waals surface area contributed by atoms with Crippen LogP contribution in [0.5, 0.6) is 0 Å². The van der Waals surface area contributed by atoms with E-state index in [0.717, 1.165) is 17.0 Å². The molecule has 1 heterocycles. The van der Waals surface area contributed by atoms with Crippen LogP contribution in [0.25, 0.3) is 0 Å². The predicted octanol–water partition coefficient (Wildman–Crippen LogP) is 3.91. The van der Waals surface area contributed by atoms with Crippen LogP contribution in [0.2, 0.25) is 0 Å². The first kappa shape index (κ1) is 30.7. The molecule has 8 nitrogen and oxygen atoms in total. The number of sulfone groups is 1. The molecule has 3 amide bonds. The SMILES string of the molecule is CC(C)N(C)[C@@H]1CC[C@H](N2C(=O)C[C@H](NC(=O)c3cccc(C(F)(F)F)c3)C2=O)[C@H](CS(=O)(=O)c2ccccc2)C1. The number of amides is 3. The zero-order valence-electron chi connectivity index (χ0n) is 23.1. The summed E-state index contributed by atoms with van der Waals surface area (Å²) < 4.78 is 66.0. The Hall–Kier alpha value is -3.25. The van der Waals surface area contributed by atoms with Crippen LogP contribution in [-0.4, -0.2) is 72.9 Å². The van der Waals surface area contributed by atoms with Crippen LogP contribution in [0.3, 0.4) is 0 Å². The van der Waals surface area contributed by atoms with Crippen molar-refractivity contribution in [3.63, 3.8) is 0 Å². The zero-order valence-corrected chi connectivity index (χ0v) is 23.9. The van der Waals surface area contributed by atoms with Crippen LogP contribution in [0.15, 0.2) is 59.5 Å². The van der Waals surface area contributed by atoms with Gasteiger partial charge in [0.1, 0.15) is 6.04 Å². The second kappa shape index (κ2) is 11.9. The number of carbonyl (C=O) groups is 3. The fraction of sp³-hybridized carbons (Fsp3) is 0.483. The Kier molecular flexibility index (Phi) is 8.93. The molecule has 0 unspecified atom stereocenters. The lowest BCUT2D eigenvalue weighted by Gasteiger charge is -2.43. The highest BCUT2D eigenvalue weighted by Gasteiger charge is 2.48. The average molecular weight is 594 g/mol. The van der Waals surface area contributed by atoms with Gasteiger partial charge in [-0.2, -0.15) is 13.2 Å². The van der Waals surface area contributed by atoms with E-state index >= 15 is 0 Å². The molecular formula is C29H34F3N3O5S. The maximum absolute atomic E-state index is 13.5. The predicted molar refractivity (Wildman–Crippen MR) is 145 cm³/mol. The lowest BCUT2D eigenvalue weighted by atomic mass is 9.81. The number of likely N-dealkylation sites (tertiary alicyclic amines) is 1. The summed E-state index contributed by atoms with van der Waals surface area (Å²) in [4.78, 5) is 42.8. The molecule has 2 aliphatic rings. The average Bonchev–Trinajstić information content (AvgIpc) is 3.20. The fourth-order valence-corrected chi connectivity index (χ4v) is 7.42. The molecule has 0 bridgehead atoms. The lowest BCUT2D eigenvalue weighted by Crippen LogP contribution is -2.54. The molecule has 4 atom stereocenters. The van der Waals surface area contributed by atoms with Gasteiger partial charge in [0.05, 0.1) is 22.6 Å². The number of hydrogen-bond acceptors (Lipinski definition) is 6. The molecular weight excluding hydrogens is 559 g/mol. The topological polar surface area (TPSA) is 104 Å². The summed E-state index contributed by atoms with van der Waals surface area (Å²) in [5, 5.41) is 2.41. The van der Waals surface area contributed by atoms with Gasteiger partial charge in [-0.15, -0.1) is 0 Å². The molecule has 41 heavy (non-hydrogen) atoms. The quantitative estimate of drug-likeness (QED) is 0.466. The Balaban J connectivity index is 1.56. The summed E-state index contributed by atoms with van der Waals surface area (Å²) in [5.74, 6) is -2.95. The molecule has 222 valence electrons. The van der Waals surface area contributed by atoms with Crippen molar-refractivity contribution in [2.45, 2.75) is 74.8 Å². The van der Waals surface area contributed by atoms with Crippen molar-refractivity contribution < 1.29 is 36.0 Å². The van der Waals surface area contributed by atoms with Crippen LogP contribution in [0.4, 0.5) is 13.2 Å². The van der Waals surface area contributed by atoms with Gasteiger partial charge in [0.2, 0.25) is 5.91 Å². The maximum atomic E-state index is 13.5. The summed E-state index contributed by atoms with van der Waals surface area (Å²) in [6.45, 7) is 4.07. The standard InChI is InChI=1S/C29H34F3N3O5S/c1-18(2)34(3)22-12-13-25(20(15-22)17-41(39,40)23-10-5-4-6-11-23)35-26(36)16-24(28(35)38)33-27(37)19-8-7-9-21(14-19)29(30,31)32/h4-11,14,18,20,22,24-25H,12-13,15-17H2,1-3H3,(H,33,37)/t20-,22+,24-,25-/m0/s1. The Morgan fingerprint density at radius 2 is 1.76 bits per heavy atom.